The molecule has 0 radical (unpaired) electrons. The van der Waals surface area contributed by atoms with Gasteiger partial charge in [-0.05, 0) is 31.0 Å². The predicted octanol–water partition coefficient (Wildman–Crippen LogP) is 6.13. The molecule has 0 aliphatic carbocycles. The molecule has 1 aliphatic rings. The third-order valence-electron chi connectivity index (χ3n) is 6.22. The fourth-order valence-electron chi connectivity index (χ4n) is 4.34. The van der Waals surface area contributed by atoms with Crippen molar-refractivity contribution < 1.29 is 18.0 Å². The summed E-state index contributed by atoms with van der Waals surface area (Å²) in [5.74, 6) is -0.884. The average molecular weight is 450 g/mol. The number of carbonyl (C=O) groups is 2. The van der Waals surface area contributed by atoms with Crippen LogP contribution in [0.2, 0.25) is 0 Å². The topological polar surface area (TPSA) is 80.3 Å². The minimum absolute atomic E-state index is 0.0836. The first kappa shape index (κ1) is 25.6. The Balaban J connectivity index is 1.60. The van der Waals surface area contributed by atoms with Crippen molar-refractivity contribution in [2.24, 2.45) is 0 Å². The monoisotopic (exact) mass is 449 g/mol. The molecule has 31 heavy (non-hydrogen) atoms. The Morgan fingerprint density at radius 3 is 1.71 bits per heavy atom. The number of sulfone groups is 1. The van der Waals surface area contributed by atoms with Crippen molar-refractivity contribution in [3.63, 3.8) is 0 Å². The molecule has 1 N–H and O–H groups in total. The highest BCUT2D eigenvalue weighted by atomic mass is 32.2. The second-order valence-electron chi connectivity index (χ2n) is 8.81. The van der Waals surface area contributed by atoms with Crippen LogP contribution in [0.15, 0.2) is 17.0 Å². The molecular formula is C25H39NO4S. The number of carbonyl (C=O) groups excluding carboxylic acids is 2. The van der Waals surface area contributed by atoms with Crippen molar-refractivity contribution >= 4 is 21.7 Å². The van der Waals surface area contributed by atoms with Gasteiger partial charge in [0.2, 0.25) is 0 Å². The molecule has 0 saturated carbocycles. The standard InChI is InChI=1S/C25H39NO4S/c1-3-4-5-6-7-8-9-10-11-12-13-14-15-16-19-31(29,30)22-18-17-21-23(20(22)2)25(28)26-24(21)27/h17-18H,3-16,19H2,1-2H3,(H,26,27,28). The Hall–Kier alpha value is -1.69. The van der Waals surface area contributed by atoms with Crippen LogP contribution in [-0.4, -0.2) is 26.0 Å². The molecule has 5 nitrogen and oxygen atoms in total. The van der Waals surface area contributed by atoms with Gasteiger partial charge in [-0.25, -0.2) is 8.42 Å². The quantitative estimate of drug-likeness (QED) is 0.243. The molecule has 6 heteroatoms. The first-order chi connectivity index (χ1) is 14.9. The lowest BCUT2D eigenvalue weighted by molar-refractivity contribution is 0.0879. The zero-order chi connectivity index (χ0) is 22.7. The van der Waals surface area contributed by atoms with Crippen LogP contribution in [0.5, 0.6) is 0 Å². The van der Waals surface area contributed by atoms with Crippen LogP contribution < -0.4 is 5.32 Å². The lowest BCUT2D eigenvalue weighted by Gasteiger charge is -2.10. The van der Waals surface area contributed by atoms with Gasteiger partial charge in [-0.15, -0.1) is 0 Å². The van der Waals surface area contributed by atoms with E-state index < -0.39 is 21.7 Å². The summed E-state index contributed by atoms with van der Waals surface area (Å²) in [7, 11) is -3.46. The smallest absolute Gasteiger partial charge is 0.259 e. The normalized spacial score (nSPS) is 13.5. The van der Waals surface area contributed by atoms with E-state index in [9.17, 15) is 18.0 Å². The van der Waals surface area contributed by atoms with E-state index in [0.717, 1.165) is 19.3 Å². The van der Waals surface area contributed by atoms with Crippen LogP contribution in [0.25, 0.3) is 0 Å². The van der Waals surface area contributed by atoms with Crippen molar-refractivity contribution in [2.45, 2.75) is 109 Å². The molecule has 0 spiro atoms. The Labute approximate surface area is 188 Å². The third kappa shape index (κ3) is 7.74. The zero-order valence-electron chi connectivity index (χ0n) is 19.3. The van der Waals surface area contributed by atoms with Gasteiger partial charge >= 0.3 is 0 Å². The van der Waals surface area contributed by atoms with E-state index in [2.05, 4.69) is 12.2 Å². The molecule has 1 aliphatic heterocycles. The largest absolute Gasteiger partial charge is 0.288 e. The number of hydrogen-bond donors (Lipinski definition) is 1. The van der Waals surface area contributed by atoms with Gasteiger partial charge in [0.25, 0.3) is 11.8 Å². The number of benzene rings is 1. The molecule has 0 unspecified atom stereocenters. The van der Waals surface area contributed by atoms with Crippen LogP contribution in [-0.2, 0) is 9.84 Å². The number of fused-ring (bicyclic) bond motifs is 1. The van der Waals surface area contributed by atoms with E-state index in [1.165, 1.54) is 76.3 Å². The van der Waals surface area contributed by atoms with Crippen molar-refractivity contribution in [1.29, 1.82) is 0 Å². The minimum atomic E-state index is -3.46. The summed E-state index contributed by atoms with van der Waals surface area (Å²) < 4.78 is 25.5. The van der Waals surface area contributed by atoms with E-state index in [1.54, 1.807) is 6.92 Å². The number of rotatable bonds is 16. The fourth-order valence-corrected chi connectivity index (χ4v) is 5.99. The van der Waals surface area contributed by atoms with Crippen LogP contribution in [0, 0.1) is 6.92 Å². The minimum Gasteiger partial charge on any atom is -0.288 e. The summed E-state index contributed by atoms with van der Waals surface area (Å²) in [6.45, 7) is 3.86. The lowest BCUT2D eigenvalue weighted by atomic mass is 10.0. The molecule has 0 saturated heterocycles. The number of nitrogens with one attached hydrogen (secondary N) is 1. The number of imide groups is 1. The molecule has 0 bridgehead atoms. The maximum atomic E-state index is 12.7. The maximum Gasteiger partial charge on any atom is 0.259 e. The zero-order valence-corrected chi connectivity index (χ0v) is 20.1. The van der Waals surface area contributed by atoms with E-state index in [-0.39, 0.29) is 21.8 Å². The highest BCUT2D eigenvalue weighted by Gasteiger charge is 2.31. The van der Waals surface area contributed by atoms with Gasteiger partial charge in [0, 0.05) is 0 Å². The van der Waals surface area contributed by atoms with E-state index in [0.29, 0.717) is 12.0 Å². The summed E-state index contributed by atoms with van der Waals surface area (Å²) in [4.78, 5) is 23.8. The summed E-state index contributed by atoms with van der Waals surface area (Å²) in [5, 5.41) is 2.23. The Morgan fingerprint density at radius 2 is 1.19 bits per heavy atom. The van der Waals surface area contributed by atoms with Gasteiger partial charge in [-0.1, -0.05) is 90.4 Å². The molecule has 0 fully saturated rings. The van der Waals surface area contributed by atoms with Crippen molar-refractivity contribution in [3.8, 4) is 0 Å². The molecule has 0 atom stereocenters. The SMILES string of the molecule is CCCCCCCCCCCCCCCCS(=O)(=O)c1ccc2c(c1C)C(=O)NC2=O. The molecule has 0 aromatic heterocycles. The Bertz CT molecular complexity index is 845. The van der Waals surface area contributed by atoms with Crippen LogP contribution >= 0.6 is 0 Å². The third-order valence-corrected chi connectivity index (χ3v) is 8.15. The highest BCUT2D eigenvalue weighted by Crippen LogP contribution is 2.27. The molecule has 2 rings (SSSR count). The Morgan fingerprint density at radius 1 is 0.710 bits per heavy atom. The fraction of sp³-hybridized carbons (Fsp3) is 0.680. The molecule has 174 valence electrons. The van der Waals surface area contributed by atoms with Gasteiger partial charge in [0.05, 0.1) is 21.8 Å². The maximum absolute atomic E-state index is 12.7. The second kappa shape index (κ2) is 13.0. The Kier molecular flexibility index (Phi) is 10.7. The molecule has 2 amide bonds. The first-order valence-electron chi connectivity index (χ1n) is 12.1. The number of hydrogen-bond acceptors (Lipinski definition) is 4. The summed E-state index contributed by atoms with van der Waals surface area (Å²) in [5.41, 5.74) is 0.844. The predicted molar refractivity (Wildman–Crippen MR) is 125 cm³/mol. The second-order valence-corrected chi connectivity index (χ2v) is 10.9. The van der Waals surface area contributed by atoms with E-state index in [4.69, 9.17) is 0 Å². The lowest BCUT2D eigenvalue weighted by Crippen LogP contribution is -2.20. The summed E-state index contributed by atoms with van der Waals surface area (Å²) in [6, 6.07) is 2.91. The van der Waals surface area contributed by atoms with Crippen LogP contribution in [0.4, 0.5) is 0 Å². The van der Waals surface area contributed by atoms with Crippen molar-refractivity contribution in [1.82, 2.24) is 5.32 Å². The summed E-state index contributed by atoms with van der Waals surface area (Å²) in [6.07, 6.45) is 17.1. The molecule has 1 aromatic carbocycles. The number of unbranched alkanes of at least 4 members (excludes halogenated alkanes) is 13. The van der Waals surface area contributed by atoms with Crippen LogP contribution in [0.3, 0.4) is 0 Å². The van der Waals surface area contributed by atoms with Gasteiger partial charge in [0.15, 0.2) is 9.84 Å². The van der Waals surface area contributed by atoms with E-state index >= 15 is 0 Å². The van der Waals surface area contributed by atoms with Crippen molar-refractivity contribution in [2.75, 3.05) is 5.75 Å². The average Bonchev–Trinajstić information content (AvgIpc) is 3.02. The van der Waals surface area contributed by atoms with Gasteiger partial charge in [-0.3, -0.25) is 14.9 Å². The molecular weight excluding hydrogens is 410 g/mol. The van der Waals surface area contributed by atoms with Crippen molar-refractivity contribution in [3.05, 3.63) is 28.8 Å². The van der Waals surface area contributed by atoms with E-state index in [1.807, 2.05) is 0 Å². The highest BCUT2D eigenvalue weighted by molar-refractivity contribution is 7.91. The van der Waals surface area contributed by atoms with Gasteiger partial charge in [-0.2, -0.15) is 0 Å². The van der Waals surface area contributed by atoms with Gasteiger partial charge < -0.3 is 0 Å². The number of amides is 2. The molecule has 1 heterocycles. The first-order valence-corrected chi connectivity index (χ1v) is 13.8. The van der Waals surface area contributed by atoms with Gasteiger partial charge in [0.1, 0.15) is 0 Å². The molecule has 1 aromatic rings. The van der Waals surface area contributed by atoms with Crippen LogP contribution in [0.1, 0.15) is 123 Å². The summed E-state index contributed by atoms with van der Waals surface area (Å²) >= 11 is 0.